The predicted molar refractivity (Wildman–Crippen MR) is 59.1 cm³/mol. The van der Waals surface area contributed by atoms with Gasteiger partial charge in [-0.2, -0.15) is 0 Å². The second-order valence-electron chi connectivity index (χ2n) is 2.87. The van der Waals surface area contributed by atoms with Crippen LogP contribution in [0.4, 0.5) is 0 Å². The number of ether oxygens (including phenoxy) is 1. The van der Waals surface area contributed by atoms with Gasteiger partial charge >= 0.3 is 5.97 Å². The minimum Gasteiger partial charge on any atom is -0.461 e. The molecule has 0 aromatic rings. The molecule has 0 unspecified atom stereocenters. The molecule has 5 nitrogen and oxygen atoms in total. The van der Waals surface area contributed by atoms with Crippen molar-refractivity contribution in [3.8, 4) is 0 Å². The summed E-state index contributed by atoms with van der Waals surface area (Å²) in [7, 11) is 0. The summed E-state index contributed by atoms with van der Waals surface area (Å²) in [6, 6.07) is 0. The number of rotatable bonds is 6. The third-order valence-corrected chi connectivity index (χ3v) is 1.72. The molecule has 0 radical (unpaired) electrons. The maximum Gasteiger partial charge on any atom is 0.364 e. The van der Waals surface area contributed by atoms with Gasteiger partial charge < -0.3 is 9.57 Å². The smallest absolute Gasteiger partial charge is 0.364 e. The zero-order valence-electron chi connectivity index (χ0n) is 8.95. The van der Waals surface area contributed by atoms with Crippen LogP contribution < -0.4 is 0 Å². The van der Waals surface area contributed by atoms with Gasteiger partial charge in [0.2, 0.25) is 11.5 Å². The first-order valence-corrected chi connectivity index (χ1v) is 5.65. The van der Waals surface area contributed by atoms with Gasteiger partial charge in [0.1, 0.15) is 6.10 Å². The maximum absolute atomic E-state index is 11.3. The Morgan fingerprint density at radius 3 is 2.40 bits per heavy atom. The van der Waals surface area contributed by atoms with E-state index in [4.69, 9.17) is 4.84 Å². The Morgan fingerprint density at radius 1 is 1.40 bits per heavy atom. The summed E-state index contributed by atoms with van der Waals surface area (Å²) < 4.78 is 4.67. The van der Waals surface area contributed by atoms with Crippen LogP contribution in [0.1, 0.15) is 20.8 Å². The van der Waals surface area contributed by atoms with E-state index < -0.39 is 11.8 Å². The summed E-state index contributed by atoms with van der Waals surface area (Å²) in [6.07, 6.45) is -0.197. The van der Waals surface area contributed by atoms with Crippen LogP contribution in [-0.2, 0) is 19.2 Å². The Hall–Kier alpha value is -0.910. The highest BCUT2D eigenvalue weighted by molar-refractivity contribution is 9.09. The Morgan fingerprint density at radius 2 is 2.00 bits per heavy atom. The highest BCUT2D eigenvalue weighted by atomic mass is 79.9. The standard InChI is InChI=1S/C9H14BrNO4/c1-4-14-9(13)8(7(12)5-10)11-15-6(2)3/h6H,4-5H2,1-3H3/b11-8+. The first-order chi connectivity index (χ1) is 7.02. The second-order valence-corrected chi connectivity index (χ2v) is 3.43. The average molecular weight is 280 g/mol. The van der Waals surface area contributed by atoms with Crippen LogP contribution in [0.25, 0.3) is 0 Å². The van der Waals surface area contributed by atoms with Crippen molar-refractivity contribution in [2.24, 2.45) is 5.16 Å². The van der Waals surface area contributed by atoms with Gasteiger partial charge in [0, 0.05) is 0 Å². The molecular weight excluding hydrogens is 266 g/mol. The molecular formula is C9H14BrNO4. The van der Waals surface area contributed by atoms with Gasteiger partial charge in [0.15, 0.2) is 0 Å². The summed E-state index contributed by atoms with van der Waals surface area (Å²) >= 11 is 2.95. The van der Waals surface area contributed by atoms with Gasteiger partial charge in [-0.25, -0.2) is 4.79 Å². The number of nitrogens with zero attached hydrogens (tertiary/aromatic N) is 1. The molecule has 86 valence electrons. The quantitative estimate of drug-likeness (QED) is 0.242. The van der Waals surface area contributed by atoms with E-state index >= 15 is 0 Å². The molecule has 15 heavy (non-hydrogen) atoms. The van der Waals surface area contributed by atoms with E-state index in [1.54, 1.807) is 20.8 Å². The van der Waals surface area contributed by atoms with E-state index in [2.05, 4.69) is 25.8 Å². The second kappa shape index (κ2) is 7.39. The van der Waals surface area contributed by atoms with Crippen LogP contribution in [-0.4, -0.2) is 35.5 Å². The highest BCUT2D eigenvalue weighted by Crippen LogP contribution is 1.96. The Bertz CT molecular complexity index is 263. The van der Waals surface area contributed by atoms with Gasteiger partial charge in [-0.15, -0.1) is 0 Å². The van der Waals surface area contributed by atoms with Crippen LogP contribution in [0.5, 0.6) is 0 Å². The fourth-order valence-corrected chi connectivity index (χ4v) is 0.888. The van der Waals surface area contributed by atoms with Crippen molar-refractivity contribution in [3.05, 3.63) is 0 Å². The van der Waals surface area contributed by atoms with Crippen molar-refractivity contribution < 1.29 is 19.2 Å². The van der Waals surface area contributed by atoms with Crippen LogP contribution in [0, 0.1) is 0 Å². The highest BCUT2D eigenvalue weighted by Gasteiger charge is 2.21. The monoisotopic (exact) mass is 279 g/mol. The molecule has 0 aliphatic carbocycles. The summed E-state index contributed by atoms with van der Waals surface area (Å²) in [5.41, 5.74) is -0.317. The van der Waals surface area contributed by atoms with Crippen LogP contribution in [0.15, 0.2) is 5.16 Å². The lowest BCUT2D eigenvalue weighted by molar-refractivity contribution is -0.136. The Balaban J connectivity index is 4.64. The van der Waals surface area contributed by atoms with E-state index in [9.17, 15) is 9.59 Å². The first-order valence-electron chi connectivity index (χ1n) is 4.53. The van der Waals surface area contributed by atoms with E-state index in [0.29, 0.717) is 0 Å². The summed E-state index contributed by atoms with van der Waals surface area (Å²) in [5.74, 6) is -1.23. The van der Waals surface area contributed by atoms with Gasteiger partial charge in [-0.3, -0.25) is 4.79 Å². The minimum absolute atomic E-state index is 0.00605. The predicted octanol–water partition coefficient (Wildman–Crippen LogP) is 1.29. The van der Waals surface area contributed by atoms with E-state index in [0.717, 1.165) is 0 Å². The van der Waals surface area contributed by atoms with Gasteiger partial charge in [-0.05, 0) is 20.8 Å². The average Bonchev–Trinajstić information content (AvgIpc) is 2.17. The van der Waals surface area contributed by atoms with E-state index in [1.807, 2.05) is 0 Å². The number of ketones is 1. The molecule has 0 saturated carbocycles. The number of alkyl halides is 1. The molecule has 0 amide bonds. The fourth-order valence-electron chi connectivity index (χ4n) is 0.623. The number of oxime groups is 1. The molecule has 0 N–H and O–H groups in total. The molecule has 0 heterocycles. The van der Waals surface area contributed by atoms with Crippen LogP contribution in [0.2, 0.25) is 0 Å². The largest absolute Gasteiger partial charge is 0.461 e. The number of Topliss-reactive ketones (excluding diaryl/α,β-unsaturated/α-hetero) is 1. The molecule has 0 fully saturated rings. The normalized spacial score (nSPS) is 11.4. The van der Waals surface area contributed by atoms with Crippen molar-refractivity contribution in [1.29, 1.82) is 0 Å². The first kappa shape index (κ1) is 14.1. The zero-order valence-corrected chi connectivity index (χ0v) is 10.5. The van der Waals surface area contributed by atoms with E-state index in [1.165, 1.54) is 0 Å². The Labute approximate surface area is 96.9 Å². The van der Waals surface area contributed by atoms with Crippen molar-refractivity contribution >= 4 is 33.4 Å². The maximum atomic E-state index is 11.3. The van der Waals surface area contributed by atoms with Crippen LogP contribution >= 0.6 is 15.9 Å². The molecule has 0 rings (SSSR count). The Kier molecular flexibility index (Phi) is 6.94. The third-order valence-electron chi connectivity index (χ3n) is 1.21. The SMILES string of the molecule is CCOC(=O)/C(=N/OC(C)C)C(=O)CBr. The van der Waals surface area contributed by atoms with Crippen molar-refractivity contribution in [2.75, 3.05) is 11.9 Å². The van der Waals surface area contributed by atoms with Crippen molar-refractivity contribution in [3.63, 3.8) is 0 Å². The van der Waals surface area contributed by atoms with Crippen molar-refractivity contribution in [1.82, 2.24) is 0 Å². The summed E-state index contributed by atoms with van der Waals surface area (Å²) in [6.45, 7) is 5.32. The lowest BCUT2D eigenvalue weighted by Crippen LogP contribution is -2.28. The molecule has 6 heteroatoms. The van der Waals surface area contributed by atoms with Gasteiger partial charge in [0.05, 0.1) is 11.9 Å². The third kappa shape index (κ3) is 5.51. The molecule has 0 aliphatic heterocycles. The van der Waals surface area contributed by atoms with Crippen molar-refractivity contribution in [2.45, 2.75) is 26.9 Å². The number of hydrogen-bond donors (Lipinski definition) is 0. The number of carbonyl (C=O) groups is 2. The lowest BCUT2D eigenvalue weighted by Gasteiger charge is -2.05. The molecule has 0 spiro atoms. The number of hydrogen-bond acceptors (Lipinski definition) is 5. The zero-order chi connectivity index (χ0) is 11.8. The number of carbonyl (C=O) groups excluding carboxylic acids is 2. The lowest BCUT2D eigenvalue weighted by atomic mass is 10.3. The van der Waals surface area contributed by atoms with E-state index in [-0.39, 0.29) is 23.8 Å². The number of esters is 1. The number of halogens is 1. The fraction of sp³-hybridized carbons (Fsp3) is 0.667. The van der Waals surface area contributed by atoms with Crippen LogP contribution in [0.3, 0.4) is 0 Å². The molecule has 0 saturated heterocycles. The molecule has 0 aliphatic rings. The topological polar surface area (TPSA) is 65.0 Å². The molecule has 0 aromatic heterocycles. The summed E-state index contributed by atoms with van der Waals surface area (Å²) in [5, 5.41) is 3.48. The molecule has 0 atom stereocenters. The summed E-state index contributed by atoms with van der Waals surface area (Å²) in [4.78, 5) is 27.4. The van der Waals surface area contributed by atoms with Gasteiger partial charge in [0.25, 0.3) is 0 Å². The molecule has 0 bridgehead atoms. The minimum atomic E-state index is -0.761. The van der Waals surface area contributed by atoms with Gasteiger partial charge in [-0.1, -0.05) is 21.1 Å². The molecule has 0 aromatic carbocycles.